The highest BCUT2D eigenvalue weighted by Gasteiger charge is 2.27. The number of halogens is 2. The van der Waals surface area contributed by atoms with Crippen molar-refractivity contribution >= 4 is 30.7 Å². The minimum Gasteiger partial charge on any atom is -0.348 e. The van der Waals surface area contributed by atoms with Crippen LogP contribution < -0.4 is 10.6 Å². The minimum absolute atomic E-state index is 0. The fraction of sp³-hybridized carbons (Fsp3) is 0.611. The molecule has 0 radical (unpaired) electrons. The summed E-state index contributed by atoms with van der Waals surface area (Å²) in [5.74, 6) is 0.0507. The van der Waals surface area contributed by atoms with E-state index < -0.39 is 0 Å². The lowest BCUT2D eigenvalue weighted by Gasteiger charge is -2.24. The van der Waals surface area contributed by atoms with Crippen LogP contribution in [0.4, 0.5) is 0 Å². The molecular formula is C18H29Cl2N3O. The summed E-state index contributed by atoms with van der Waals surface area (Å²) in [5, 5.41) is 6.45. The van der Waals surface area contributed by atoms with E-state index in [9.17, 15) is 4.79 Å². The maximum atomic E-state index is 12.3. The molecule has 3 rings (SSSR count). The molecule has 2 N–H and O–H groups in total. The molecule has 1 aliphatic carbocycles. The summed E-state index contributed by atoms with van der Waals surface area (Å²) in [7, 11) is 0. The number of nitrogens with zero attached hydrogens (tertiary/aromatic N) is 1. The van der Waals surface area contributed by atoms with Gasteiger partial charge in [-0.25, -0.2) is 0 Å². The van der Waals surface area contributed by atoms with Crippen LogP contribution in [0.3, 0.4) is 0 Å². The summed E-state index contributed by atoms with van der Waals surface area (Å²) in [6, 6.07) is 9.17. The lowest BCUT2D eigenvalue weighted by Crippen LogP contribution is -2.45. The van der Waals surface area contributed by atoms with E-state index in [1.807, 2.05) is 12.1 Å². The molecule has 1 heterocycles. The van der Waals surface area contributed by atoms with Gasteiger partial charge in [-0.05, 0) is 56.5 Å². The van der Waals surface area contributed by atoms with Crippen molar-refractivity contribution in [2.24, 2.45) is 0 Å². The molecule has 1 aromatic carbocycles. The van der Waals surface area contributed by atoms with Crippen LogP contribution in [0.15, 0.2) is 24.3 Å². The van der Waals surface area contributed by atoms with Crippen LogP contribution in [0.25, 0.3) is 0 Å². The second-order valence-corrected chi connectivity index (χ2v) is 6.51. The number of carbonyl (C=O) groups is 1. The number of nitrogens with one attached hydrogen (secondary N) is 2. The van der Waals surface area contributed by atoms with Crippen LogP contribution in [0, 0.1) is 0 Å². The number of hydrogen-bond donors (Lipinski definition) is 2. The molecule has 136 valence electrons. The van der Waals surface area contributed by atoms with Crippen molar-refractivity contribution < 1.29 is 4.79 Å². The molecule has 0 spiro atoms. The summed E-state index contributed by atoms with van der Waals surface area (Å²) in [6.07, 6.45) is 4.88. The third kappa shape index (κ3) is 5.92. The molecule has 1 aromatic rings. The highest BCUT2D eigenvalue weighted by atomic mass is 35.5. The van der Waals surface area contributed by atoms with Crippen LogP contribution in [0.2, 0.25) is 0 Å². The van der Waals surface area contributed by atoms with E-state index in [4.69, 9.17) is 0 Å². The smallest absolute Gasteiger partial charge is 0.251 e. The summed E-state index contributed by atoms with van der Waals surface area (Å²) >= 11 is 0. The molecule has 2 fully saturated rings. The first-order chi connectivity index (χ1) is 10.8. The van der Waals surface area contributed by atoms with Gasteiger partial charge in [-0.2, -0.15) is 0 Å². The van der Waals surface area contributed by atoms with Crippen molar-refractivity contribution in [2.75, 3.05) is 19.6 Å². The van der Waals surface area contributed by atoms with Gasteiger partial charge in [0, 0.05) is 30.7 Å². The van der Waals surface area contributed by atoms with Crippen molar-refractivity contribution in [3.05, 3.63) is 35.4 Å². The molecule has 1 atom stereocenters. The number of carbonyl (C=O) groups excluding carboxylic acids is 1. The second-order valence-electron chi connectivity index (χ2n) is 6.51. The van der Waals surface area contributed by atoms with Gasteiger partial charge in [0.15, 0.2) is 0 Å². The Kier molecular flexibility index (Phi) is 9.06. The second kappa shape index (κ2) is 10.2. The highest BCUT2D eigenvalue weighted by molar-refractivity contribution is 5.94. The average Bonchev–Trinajstić information content (AvgIpc) is 3.39. The van der Waals surface area contributed by atoms with Gasteiger partial charge in [0.05, 0.1) is 0 Å². The standard InChI is InChI=1S/C18H27N3O.2ClH/c1-2-21(17-9-10-17)13-14-5-7-15(8-6-14)18(22)20-16-4-3-11-19-12-16;;/h5-8,16-17,19H,2-4,9-13H2,1H3,(H,20,22);2*1H/t16-;;/m0../s1. The topological polar surface area (TPSA) is 44.4 Å². The zero-order valence-corrected chi connectivity index (χ0v) is 15.9. The van der Waals surface area contributed by atoms with E-state index in [0.717, 1.165) is 50.6 Å². The largest absolute Gasteiger partial charge is 0.348 e. The molecule has 0 unspecified atom stereocenters. The lowest BCUT2D eigenvalue weighted by molar-refractivity contribution is 0.0930. The summed E-state index contributed by atoms with van der Waals surface area (Å²) in [6.45, 7) is 6.27. The number of benzene rings is 1. The maximum absolute atomic E-state index is 12.3. The van der Waals surface area contributed by atoms with Gasteiger partial charge >= 0.3 is 0 Å². The maximum Gasteiger partial charge on any atom is 0.251 e. The van der Waals surface area contributed by atoms with E-state index >= 15 is 0 Å². The molecule has 4 nitrogen and oxygen atoms in total. The fourth-order valence-electron chi connectivity index (χ4n) is 3.18. The Morgan fingerprint density at radius 3 is 2.46 bits per heavy atom. The SMILES string of the molecule is CCN(Cc1ccc(C(=O)N[C@H]2CCCNC2)cc1)C1CC1.Cl.Cl. The van der Waals surface area contributed by atoms with Crippen LogP contribution in [0.1, 0.15) is 48.5 Å². The normalized spacial score (nSPS) is 20.0. The van der Waals surface area contributed by atoms with Crippen LogP contribution in [-0.4, -0.2) is 42.5 Å². The molecule has 0 bridgehead atoms. The fourth-order valence-corrected chi connectivity index (χ4v) is 3.18. The van der Waals surface area contributed by atoms with E-state index in [1.165, 1.54) is 18.4 Å². The molecular weight excluding hydrogens is 345 g/mol. The first-order valence-corrected chi connectivity index (χ1v) is 8.61. The Hall–Kier alpha value is -0.810. The van der Waals surface area contributed by atoms with E-state index in [0.29, 0.717) is 0 Å². The average molecular weight is 374 g/mol. The monoisotopic (exact) mass is 373 g/mol. The van der Waals surface area contributed by atoms with Gasteiger partial charge < -0.3 is 10.6 Å². The molecule has 6 heteroatoms. The number of hydrogen-bond acceptors (Lipinski definition) is 3. The first-order valence-electron chi connectivity index (χ1n) is 8.61. The lowest BCUT2D eigenvalue weighted by atomic mass is 10.1. The molecule has 1 aliphatic heterocycles. The Bertz CT molecular complexity index is 499. The molecule has 1 saturated carbocycles. The van der Waals surface area contributed by atoms with Crippen LogP contribution in [0.5, 0.6) is 0 Å². The third-order valence-electron chi connectivity index (χ3n) is 4.70. The predicted molar refractivity (Wildman–Crippen MR) is 103 cm³/mol. The minimum atomic E-state index is 0. The zero-order valence-electron chi connectivity index (χ0n) is 14.3. The van der Waals surface area contributed by atoms with Crippen molar-refractivity contribution in [1.29, 1.82) is 0 Å². The summed E-state index contributed by atoms with van der Waals surface area (Å²) in [4.78, 5) is 14.8. The highest BCUT2D eigenvalue weighted by Crippen LogP contribution is 2.27. The molecule has 2 aliphatic rings. The molecule has 24 heavy (non-hydrogen) atoms. The third-order valence-corrected chi connectivity index (χ3v) is 4.70. The van der Waals surface area contributed by atoms with E-state index in [1.54, 1.807) is 0 Å². The van der Waals surface area contributed by atoms with Gasteiger partial charge in [-0.1, -0.05) is 19.1 Å². The van der Waals surface area contributed by atoms with Gasteiger partial charge in [0.1, 0.15) is 0 Å². The summed E-state index contributed by atoms with van der Waals surface area (Å²) < 4.78 is 0. The Balaban J connectivity index is 0.00000144. The zero-order chi connectivity index (χ0) is 15.4. The van der Waals surface area contributed by atoms with Crippen LogP contribution >= 0.6 is 24.8 Å². The van der Waals surface area contributed by atoms with E-state index in [2.05, 4.69) is 34.6 Å². The number of piperidine rings is 1. The predicted octanol–water partition coefficient (Wildman–Crippen LogP) is 3.00. The van der Waals surface area contributed by atoms with Gasteiger partial charge in [-0.3, -0.25) is 9.69 Å². The van der Waals surface area contributed by atoms with Gasteiger partial charge in [0.25, 0.3) is 5.91 Å². The first kappa shape index (κ1) is 21.2. The Labute approximate surface area is 157 Å². The number of rotatable bonds is 6. The summed E-state index contributed by atoms with van der Waals surface area (Å²) in [5.41, 5.74) is 2.06. The molecule has 1 saturated heterocycles. The Morgan fingerprint density at radius 1 is 1.21 bits per heavy atom. The van der Waals surface area contributed by atoms with Crippen LogP contribution in [-0.2, 0) is 6.54 Å². The number of amides is 1. The Morgan fingerprint density at radius 2 is 1.92 bits per heavy atom. The molecule has 0 aromatic heterocycles. The van der Waals surface area contributed by atoms with E-state index in [-0.39, 0.29) is 36.8 Å². The van der Waals surface area contributed by atoms with Gasteiger partial charge in [0.2, 0.25) is 0 Å². The van der Waals surface area contributed by atoms with Crippen molar-refractivity contribution in [2.45, 2.75) is 51.2 Å². The van der Waals surface area contributed by atoms with Crippen molar-refractivity contribution in [1.82, 2.24) is 15.5 Å². The molecule has 1 amide bonds. The van der Waals surface area contributed by atoms with Gasteiger partial charge in [-0.15, -0.1) is 24.8 Å². The quantitative estimate of drug-likeness (QED) is 0.805. The van der Waals surface area contributed by atoms with Crippen molar-refractivity contribution in [3.8, 4) is 0 Å². The van der Waals surface area contributed by atoms with Crippen molar-refractivity contribution in [3.63, 3.8) is 0 Å².